The van der Waals surface area contributed by atoms with Crippen molar-refractivity contribution in [2.24, 2.45) is 0 Å². The van der Waals surface area contributed by atoms with Crippen LogP contribution in [-0.4, -0.2) is 28.1 Å². The molecule has 0 radical (unpaired) electrons. The average molecular weight is 251 g/mol. The molecule has 3 N–H and O–H groups in total. The number of aromatic amines is 1. The van der Waals surface area contributed by atoms with Crippen molar-refractivity contribution in [1.29, 1.82) is 0 Å². The van der Waals surface area contributed by atoms with Gasteiger partial charge in [-0.25, -0.2) is 4.79 Å². The highest BCUT2D eigenvalue weighted by atomic mass is 16.6. The zero-order chi connectivity index (χ0) is 13.5. The summed E-state index contributed by atoms with van der Waals surface area (Å²) in [5.74, 6) is 0.644. The van der Waals surface area contributed by atoms with Crippen LogP contribution in [0.3, 0.4) is 0 Å². The third kappa shape index (κ3) is 2.30. The van der Waals surface area contributed by atoms with E-state index in [9.17, 15) is 4.79 Å². The van der Waals surface area contributed by atoms with Crippen molar-refractivity contribution in [2.75, 3.05) is 12.3 Å². The molecule has 2 heterocycles. The van der Waals surface area contributed by atoms with Crippen LogP contribution in [0, 0.1) is 0 Å². The van der Waals surface area contributed by atoms with Crippen LogP contribution >= 0.6 is 0 Å². The summed E-state index contributed by atoms with van der Waals surface area (Å²) in [5, 5.41) is 0. The molecule has 0 bridgehead atoms. The lowest BCUT2D eigenvalue weighted by molar-refractivity contribution is 0.0161. The summed E-state index contributed by atoms with van der Waals surface area (Å²) in [6, 6.07) is -0.0464. The SMILES string of the molecule is C[C@H]1c2c(c[nH]c2N)CCN1C(=O)OC(C)(C)C. The predicted octanol–water partition coefficient (Wildman–Crippen LogP) is 2.45. The summed E-state index contributed by atoms with van der Waals surface area (Å²) in [6.07, 6.45) is 2.46. The van der Waals surface area contributed by atoms with E-state index < -0.39 is 5.60 Å². The summed E-state index contributed by atoms with van der Waals surface area (Å²) in [4.78, 5) is 16.9. The molecule has 0 saturated heterocycles. The maximum atomic E-state index is 12.1. The third-order valence-corrected chi connectivity index (χ3v) is 3.17. The first-order valence-corrected chi connectivity index (χ1v) is 6.25. The van der Waals surface area contributed by atoms with Crippen molar-refractivity contribution in [3.05, 3.63) is 17.3 Å². The molecule has 0 spiro atoms. The fourth-order valence-electron chi connectivity index (χ4n) is 2.35. The van der Waals surface area contributed by atoms with Crippen LogP contribution in [0.25, 0.3) is 0 Å². The first-order chi connectivity index (χ1) is 8.29. The zero-order valence-corrected chi connectivity index (χ0v) is 11.4. The van der Waals surface area contributed by atoms with Crippen LogP contribution in [0.5, 0.6) is 0 Å². The molecule has 1 aliphatic heterocycles. The van der Waals surface area contributed by atoms with E-state index in [1.54, 1.807) is 4.90 Å². The number of hydrogen-bond acceptors (Lipinski definition) is 3. The van der Waals surface area contributed by atoms with Gasteiger partial charge in [0.15, 0.2) is 0 Å². The number of rotatable bonds is 0. The summed E-state index contributed by atoms with van der Waals surface area (Å²) < 4.78 is 5.42. The Hall–Kier alpha value is -1.65. The van der Waals surface area contributed by atoms with Gasteiger partial charge in [-0.15, -0.1) is 0 Å². The largest absolute Gasteiger partial charge is 0.444 e. The second kappa shape index (κ2) is 4.23. The van der Waals surface area contributed by atoms with Crippen molar-refractivity contribution in [1.82, 2.24) is 9.88 Å². The molecule has 1 aromatic heterocycles. The Balaban J connectivity index is 2.19. The number of nitrogens with one attached hydrogen (secondary N) is 1. The number of anilines is 1. The molecule has 1 amide bonds. The lowest BCUT2D eigenvalue weighted by Crippen LogP contribution is -2.41. The molecule has 0 fully saturated rings. The second-order valence-electron chi connectivity index (χ2n) is 5.74. The van der Waals surface area contributed by atoms with Crippen molar-refractivity contribution in [3.8, 4) is 0 Å². The minimum Gasteiger partial charge on any atom is -0.444 e. The van der Waals surface area contributed by atoms with Gasteiger partial charge in [0.2, 0.25) is 0 Å². The highest BCUT2D eigenvalue weighted by Gasteiger charge is 2.32. The molecular formula is C13H21N3O2. The number of nitrogens with zero attached hydrogens (tertiary/aromatic N) is 1. The minimum absolute atomic E-state index is 0.0464. The lowest BCUT2D eigenvalue weighted by atomic mass is 9.98. The normalized spacial score (nSPS) is 19.6. The standard InChI is InChI=1S/C13H21N3O2/c1-8-10-9(7-15-11(10)14)5-6-16(8)12(17)18-13(2,3)4/h7-8,15H,5-6,14H2,1-4H3/t8-/m0/s1. The van der Waals surface area contributed by atoms with Crippen molar-refractivity contribution < 1.29 is 9.53 Å². The predicted molar refractivity (Wildman–Crippen MR) is 70.3 cm³/mol. The van der Waals surface area contributed by atoms with E-state index in [0.29, 0.717) is 12.4 Å². The van der Waals surface area contributed by atoms with Gasteiger partial charge in [0.1, 0.15) is 11.4 Å². The molecule has 5 heteroatoms. The number of carbonyl (C=O) groups excluding carboxylic acids is 1. The van der Waals surface area contributed by atoms with Gasteiger partial charge in [-0.3, -0.25) is 0 Å². The highest BCUT2D eigenvalue weighted by molar-refractivity contribution is 5.70. The van der Waals surface area contributed by atoms with Gasteiger partial charge < -0.3 is 20.4 Å². The van der Waals surface area contributed by atoms with Crippen LogP contribution in [0.2, 0.25) is 0 Å². The second-order valence-corrected chi connectivity index (χ2v) is 5.74. The van der Waals surface area contributed by atoms with E-state index in [1.165, 1.54) is 5.56 Å². The molecule has 5 nitrogen and oxygen atoms in total. The summed E-state index contributed by atoms with van der Waals surface area (Å²) >= 11 is 0. The van der Waals surface area contributed by atoms with E-state index in [2.05, 4.69) is 4.98 Å². The van der Waals surface area contributed by atoms with Crippen LogP contribution < -0.4 is 5.73 Å². The number of nitrogen functional groups attached to an aromatic ring is 1. The fourth-order valence-corrected chi connectivity index (χ4v) is 2.35. The number of ether oxygens (including phenoxy) is 1. The van der Waals surface area contributed by atoms with Crippen LogP contribution in [0.4, 0.5) is 10.6 Å². The molecule has 0 saturated carbocycles. The first-order valence-electron chi connectivity index (χ1n) is 6.25. The Morgan fingerprint density at radius 3 is 2.83 bits per heavy atom. The van der Waals surface area contributed by atoms with E-state index in [1.807, 2.05) is 33.9 Å². The van der Waals surface area contributed by atoms with E-state index in [4.69, 9.17) is 10.5 Å². The number of H-pyrrole nitrogens is 1. The van der Waals surface area contributed by atoms with Crippen molar-refractivity contribution in [2.45, 2.75) is 45.8 Å². The Kier molecular flexibility index (Phi) is 3.00. The molecule has 0 aromatic carbocycles. The summed E-state index contributed by atoms with van der Waals surface area (Å²) in [5.41, 5.74) is 7.65. The van der Waals surface area contributed by atoms with Crippen LogP contribution in [-0.2, 0) is 11.2 Å². The highest BCUT2D eigenvalue weighted by Crippen LogP contribution is 2.34. The maximum absolute atomic E-state index is 12.1. The molecule has 100 valence electrons. The molecule has 0 aliphatic carbocycles. The third-order valence-electron chi connectivity index (χ3n) is 3.17. The molecule has 1 aromatic rings. The number of aromatic nitrogens is 1. The van der Waals surface area contributed by atoms with E-state index in [0.717, 1.165) is 12.0 Å². The zero-order valence-electron chi connectivity index (χ0n) is 11.4. The average Bonchev–Trinajstić information content (AvgIpc) is 2.58. The molecule has 1 aliphatic rings. The topological polar surface area (TPSA) is 71.4 Å². The number of nitrogens with two attached hydrogens (primary N) is 1. The maximum Gasteiger partial charge on any atom is 0.410 e. The van der Waals surface area contributed by atoms with Crippen molar-refractivity contribution in [3.63, 3.8) is 0 Å². The van der Waals surface area contributed by atoms with Gasteiger partial charge in [-0.2, -0.15) is 0 Å². The molecule has 1 atom stereocenters. The van der Waals surface area contributed by atoms with Gasteiger partial charge in [-0.1, -0.05) is 0 Å². The summed E-state index contributed by atoms with van der Waals surface area (Å²) in [6.45, 7) is 8.26. The molecule has 0 unspecified atom stereocenters. The Bertz CT molecular complexity index is 459. The monoisotopic (exact) mass is 251 g/mol. The van der Waals surface area contributed by atoms with Crippen LogP contribution in [0.1, 0.15) is 44.9 Å². The van der Waals surface area contributed by atoms with Gasteiger partial charge in [0.25, 0.3) is 0 Å². The first kappa shape index (κ1) is 12.8. The number of fused-ring (bicyclic) bond motifs is 1. The number of hydrogen-bond donors (Lipinski definition) is 2. The number of carbonyl (C=O) groups is 1. The Labute approximate surface area is 107 Å². The Morgan fingerprint density at radius 1 is 1.56 bits per heavy atom. The van der Waals surface area contributed by atoms with Gasteiger partial charge >= 0.3 is 6.09 Å². The van der Waals surface area contributed by atoms with E-state index in [-0.39, 0.29) is 12.1 Å². The number of amides is 1. The molecule has 18 heavy (non-hydrogen) atoms. The van der Waals surface area contributed by atoms with Crippen molar-refractivity contribution >= 4 is 11.9 Å². The quantitative estimate of drug-likeness (QED) is 0.744. The lowest BCUT2D eigenvalue weighted by Gasteiger charge is -2.35. The molecular weight excluding hydrogens is 230 g/mol. The van der Waals surface area contributed by atoms with Gasteiger partial charge in [0, 0.05) is 18.3 Å². The summed E-state index contributed by atoms with van der Waals surface area (Å²) in [7, 11) is 0. The van der Waals surface area contributed by atoms with E-state index >= 15 is 0 Å². The van der Waals surface area contributed by atoms with Crippen LogP contribution in [0.15, 0.2) is 6.20 Å². The van der Waals surface area contributed by atoms with Gasteiger partial charge in [-0.05, 0) is 39.7 Å². The molecule has 2 rings (SSSR count). The fraction of sp³-hybridized carbons (Fsp3) is 0.615. The Morgan fingerprint density at radius 2 is 2.22 bits per heavy atom. The smallest absolute Gasteiger partial charge is 0.410 e. The van der Waals surface area contributed by atoms with Gasteiger partial charge in [0.05, 0.1) is 6.04 Å². The minimum atomic E-state index is -0.471.